The molecule has 0 bridgehead atoms. The van der Waals surface area contributed by atoms with Crippen LogP contribution in [0.2, 0.25) is 5.02 Å². The minimum absolute atomic E-state index is 0.435. The fourth-order valence-electron chi connectivity index (χ4n) is 2.74. The molecule has 1 heterocycles. The summed E-state index contributed by atoms with van der Waals surface area (Å²) >= 11 is 7.37. The molecule has 0 spiro atoms. The van der Waals surface area contributed by atoms with Gasteiger partial charge in [0.25, 0.3) is 0 Å². The van der Waals surface area contributed by atoms with Crippen LogP contribution in [0.25, 0.3) is 17.1 Å². The van der Waals surface area contributed by atoms with E-state index in [9.17, 15) is 9.59 Å². The number of urea groups is 1. The number of nitrogens with zero attached hydrogens (tertiary/aromatic N) is 3. The second-order valence-corrected chi connectivity index (χ2v) is 8.15. The molecule has 0 fully saturated rings. The van der Waals surface area contributed by atoms with Crippen LogP contribution in [0.15, 0.2) is 53.7 Å². The highest BCUT2D eigenvalue weighted by molar-refractivity contribution is 8.00. The number of amides is 3. The summed E-state index contributed by atoms with van der Waals surface area (Å²) in [5.74, 6) is 0.888. The zero-order valence-electron chi connectivity index (χ0n) is 17.3. The van der Waals surface area contributed by atoms with E-state index in [1.54, 1.807) is 19.1 Å². The van der Waals surface area contributed by atoms with Crippen LogP contribution < -0.4 is 15.4 Å². The van der Waals surface area contributed by atoms with Crippen molar-refractivity contribution in [2.75, 3.05) is 13.7 Å². The number of hydrogen-bond donors (Lipinski definition) is 2. The predicted octanol–water partition coefficient (Wildman–Crippen LogP) is 3.92. The molecule has 3 rings (SSSR count). The third-order valence-corrected chi connectivity index (χ3v) is 5.52. The molecule has 2 N–H and O–H groups in total. The van der Waals surface area contributed by atoms with Gasteiger partial charge in [-0.05, 0) is 50.2 Å². The van der Waals surface area contributed by atoms with E-state index in [0.29, 0.717) is 22.6 Å². The van der Waals surface area contributed by atoms with E-state index in [1.807, 2.05) is 47.9 Å². The number of benzene rings is 2. The van der Waals surface area contributed by atoms with Crippen LogP contribution in [0.5, 0.6) is 5.75 Å². The Morgan fingerprint density at radius 1 is 1.19 bits per heavy atom. The Balaban J connectivity index is 1.99. The van der Waals surface area contributed by atoms with Crippen molar-refractivity contribution < 1.29 is 14.3 Å². The molecule has 3 amide bonds. The summed E-state index contributed by atoms with van der Waals surface area (Å²) in [5, 5.41) is 13.8. The number of aromatic nitrogens is 3. The molecule has 8 nitrogen and oxygen atoms in total. The van der Waals surface area contributed by atoms with E-state index in [4.69, 9.17) is 16.3 Å². The molecule has 3 aromatic rings. The second kappa shape index (κ2) is 10.3. The van der Waals surface area contributed by atoms with Crippen molar-refractivity contribution in [1.82, 2.24) is 25.4 Å². The molecular formula is C21H22ClN5O3S. The number of imide groups is 1. The van der Waals surface area contributed by atoms with E-state index < -0.39 is 17.2 Å². The lowest BCUT2D eigenvalue weighted by Crippen LogP contribution is -2.41. The van der Waals surface area contributed by atoms with Gasteiger partial charge in [0.15, 0.2) is 11.0 Å². The summed E-state index contributed by atoms with van der Waals surface area (Å²) in [6.07, 6.45) is 0. The molecule has 0 radical (unpaired) electrons. The molecule has 1 aromatic heterocycles. The maximum atomic E-state index is 12.3. The summed E-state index contributed by atoms with van der Waals surface area (Å²) in [6, 6.07) is 14.2. The monoisotopic (exact) mass is 459 g/mol. The van der Waals surface area contributed by atoms with E-state index in [1.165, 1.54) is 18.8 Å². The molecule has 0 aliphatic rings. The van der Waals surface area contributed by atoms with Crippen LogP contribution in [0.3, 0.4) is 0 Å². The molecule has 0 aliphatic heterocycles. The SMILES string of the molecule is CCOc1ccc(-n2c(SC(C)C(=O)NC(=O)NC)nnc2-c2cccc(Cl)c2)cc1. The highest BCUT2D eigenvalue weighted by Crippen LogP contribution is 2.31. The number of rotatable bonds is 7. The fourth-order valence-corrected chi connectivity index (χ4v) is 3.80. The highest BCUT2D eigenvalue weighted by Gasteiger charge is 2.23. The van der Waals surface area contributed by atoms with Crippen molar-refractivity contribution >= 4 is 35.3 Å². The Kier molecular flexibility index (Phi) is 7.54. The van der Waals surface area contributed by atoms with Gasteiger partial charge in [-0.15, -0.1) is 10.2 Å². The smallest absolute Gasteiger partial charge is 0.321 e. The van der Waals surface area contributed by atoms with E-state index in [-0.39, 0.29) is 0 Å². The first-order chi connectivity index (χ1) is 14.9. The molecule has 2 aromatic carbocycles. The molecule has 1 atom stereocenters. The number of ether oxygens (including phenoxy) is 1. The first kappa shape index (κ1) is 22.6. The second-order valence-electron chi connectivity index (χ2n) is 6.41. The van der Waals surface area contributed by atoms with Crippen LogP contribution in [0.4, 0.5) is 4.79 Å². The minimum Gasteiger partial charge on any atom is -0.494 e. The van der Waals surface area contributed by atoms with E-state index >= 15 is 0 Å². The van der Waals surface area contributed by atoms with Gasteiger partial charge < -0.3 is 10.1 Å². The van der Waals surface area contributed by atoms with Crippen LogP contribution in [0.1, 0.15) is 13.8 Å². The Hall–Kier alpha value is -3.04. The molecule has 0 aliphatic carbocycles. The van der Waals surface area contributed by atoms with Crippen molar-refractivity contribution in [2.24, 2.45) is 0 Å². The summed E-state index contributed by atoms with van der Waals surface area (Å²) < 4.78 is 7.37. The topological polar surface area (TPSA) is 98.1 Å². The normalized spacial score (nSPS) is 11.6. The Morgan fingerprint density at radius 2 is 1.94 bits per heavy atom. The number of thioether (sulfide) groups is 1. The first-order valence-corrected chi connectivity index (χ1v) is 10.8. The largest absolute Gasteiger partial charge is 0.494 e. The van der Waals surface area contributed by atoms with Crippen LogP contribution in [-0.2, 0) is 4.79 Å². The van der Waals surface area contributed by atoms with Crippen molar-refractivity contribution in [3.05, 3.63) is 53.6 Å². The van der Waals surface area contributed by atoms with Gasteiger partial charge in [-0.2, -0.15) is 0 Å². The van der Waals surface area contributed by atoms with Gasteiger partial charge >= 0.3 is 6.03 Å². The Bertz CT molecular complexity index is 1070. The zero-order chi connectivity index (χ0) is 22.4. The van der Waals surface area contributed by atoms with Gasteiger partial charge in [-0.25, -0.2) is 4.79 Å². The summed E-state index contributed by atoms with van der Waals surface area (Å²) in [4.78, 5) is 23.8. The number of halogens is 1. The highest BCUT2D eigenvalue weighted by atomic mass is 35.5. The van der Waals surface area contributed by atoms with Gasteiger partial charge in [0, 0.05) is 23.3 Å². The molecule has 0 saturated heterocycles. The van der Waals surface area contributed by atoms with Crippen molar-refractivity contribution in [3.63, 3.8) is 0 Å². The van der Waals surface area contributed by atoms with Crippen molar-refractivity contribution in [3.8, 4) is 22.8 Å². The quantitative estimate of drug-likeness (QED) is 0.519. The van der Waals surface area contributed by atoms with E-state index in [0.717, 1.165) is 17.0 Å². The van der Waals surface area contributed by atoms with Gasteiger partial charge in [0.1, 0.15) is 5.75 Å². The van der Waals surface area contributed by atoms with Crippen molar-refractivity contribution in [2.45, 2.75) is 24.3 Å². The van der Waals surface area contributed by atoms with Crippen LogP contribution in [-0.4, -0.2) is 45.6 Å². The third kappa shape index (κ3) is 5.56. The van der Waals surface area contributed by atoms with Crippen molar-refractivity contribution in [1.29, 1.82) is 0 Å². The lowest BCUT2D eigenvalue weighted by molar-refractivity contribution is -0.119. The Morgan fingerprint density at radius 3 is 2.58 bits per heavy atom. The average Bonchev–Trinajstić information content (AvgIpc) is 3.17. The lowest BCUT2D eigenvalue weighted by atomic mass is 10.2. The Labute approximate surface area is 189 Å². The maximum Gasteiger partial charge on any atom is 0.321 e. The maximum absolute atomic E-state index is 12.3. The summed E-state index contributed by atoms with van der Waals surface area (Å²) in [7, 11) is 1.44. The molecular weight excluding hydrogens is 438 g/mol. The molecule has 1 unspecified atom stereocenters. The molecule has 10 heteroatoms. The van der Waals surface area contributed by atoms with Gasteiger partial charge in [0.05, 0.1) is 11.9 Å². The predicted molar refractivity (Wildman–Crippen MR) is 121 cm³/mol. The zero-order valence-corrected chi connectivity index (χ0v) is 18.8. The standard InChI is InChI=1S/C21H22ClN5O3S/c1-4-30-17-10-8-16(9-11-17)27-18(14-6-5-7-15(22)12-14)25-26-21(27)31-13(2)19(28)24-20(29)23-3/h5-13H,4H2,1-3H3,(H2,23,24,28,29). The molecule has 0 saturated carbocycles. The third-order valence-electron chi connectivity index (χ3n) is 4.24. The number of carbonyl (C=O) groups excluding carboxylic acids is 2. The van der Waals surface area contributed by atoms with Gasteiger partial charge in [0.2, 0.25) is 5.91 Å². The number of hydrogen-bond acceptors (Lipinski definition) is 6. The molecule has 162 valence electrons. The number of nitrogens with one attached hydrogen (secondary N) is 2. The van der Waals surface area contributed by atoms with Crippen LogP contribution in [0, 0.1) is 0 Å². The van der Waals surface area contributed by atoms with Crippen LogP contribution >= 0.6 is 23.4 Å². The average molecular weight is 460 g/mol. The number of carbonyl (C=O) groups is 2. The summed E-state index contributed by atoms with van der Waals surface area (Å²) in [5.41, 5.74) is 1.58. The van der Waals surface area contributed by atoms with E-state index in [2.05, 4.69) is 20.8 Å². The summed E-state index contributed by atoms with van der Waals surface area (Å²) in [6.45, 7) is 4.18. The van der Waals surface area contributed by atoms with Gasteiger partial charge in [-0.3, -0.25) is 14.7 Å². The minimum atomic E-state index is -0.588. The first-order valence-electron chi connectivity index (χ1n) is 9.56. The molecule has 31 heavy (non-hydrogen) atoms. The van der Waals surface area contributed by atoms with Gasteiger partial charge in [-0.1, -0.05) is 35.5 Å². The fraction of sp³-hybridized carbons (Fsp3) is 0.238. The lowest BCUT2D eigenvalue weighted by Gasteiger charge is -2.14.